The number of amides is 1. The van der Waals surface area contributed by atoms with E-state index in [1.807, 2.05) is 6.07 Å². The second-order valence-electron chi connectivity index (χ2n) is 9.89. The molecule has 2 N–H and O–H groups in total. The molecule has 2 aliphatic carbocycles. The van der Waals surface area contributed by atoms with Gasteiger partial charge in [-0.15, -0.1) is 0 Å². The fourth-order valence-electron chi connectivity index (χ4n) is 5.99. The fraction of sp³-hybridized carbons (Fsp3) is 0.560. The van der Waals surface area contributed by atoms with Crippen molar-refractivity contribution in [3.05, 3.63) is 47.6 Å². The number of likely N-dealkylation sites (tertiary alicyclic amines) is 1. The first kappa shape index (κ1) is 22.3. The second-order valence-corrected chi connectivity index (χ2v) is 9.89. The zero-order valence-corrected chi connectivity index (χ0v) is 18.9. The lowest BCUT2D eigenvalue weighted by molar-refractivity contribution is -0.123. The zero-order valence-electron chi connectivity index (χ0n) is 18.9. The summed E-state index contributed by atoms with van der Waals surface area (Å²) in [5.74, 6) is 1.51. The molecule has 0 bridgehead atoms. The third-order valence-corrected chi connectivity index (χ3v) is 7.83. The van der Waals surface area contributed by atoms with E-state index < -0.39 is 11.7 Å². The van der Waals surface area contributed by atoms with Crippen LogP contribution < -0.4 is 15.4 Å². The number of ether oxygens (including phenoxy) is 1. The van der Waals surface area contributed by atoms with Crippen molar-refractivity contribution in [1.29, 1.82) is 0 Å². The highest BCUT2D eigenvalue weighted by Gasteiger charge is 2.65. The molecule has 2 fully saturated rings. The fourth-order valence-corrected chi connectivity index (χ4v) is 5.99. The summed E-state index contributed by atoms with van der Waals surface area (Å²) in [6.07, 6.45) is 2.86. The number of hydrogen-bond donors (Lipinski definition) is 2. The summed E-state index contributed by atoms with van der Waals surface area (Å²) < 4.78 is 43.7. The third-order valence-electron chi connectivity index (χ3n) is 7.83. The Hall–Kier alpha value is -2.48. The van der Waals surface area contributed by atoms with Crippen LogP contribution in [-0.2, 0) is 4.79 Å². The Labute approximate surface area is 192 Å². The van der Waals surface area contributed by atoms with Crippen molar-refractivity contribution in [3.8, 4) is 5.75 Å². The summed E-state index contributed by atoms with van der Waals surface area (Å²) in [5, 5.41) is 6.69. The quantitative estimate of drug-likeness (QED) is 0.684. The first-order valence-corrected chi connectivity index (χ1v) is 11.6. The van der Waals surface area contributed by atoms with Crippen molar-refractivity contribution in [2.45, 2.75) is 61.8 Å². The van der Waals surface area contributed by atoms with E-state index in [0.717, 1.165) is 43.7 Å². The van der Waals surface area contributed by atoms with Crippen molar-refractivity contribution in [3.63, 3.8) is 0 Å². The minimum absolute atomic E-state index is 0.0174. The van der Waals surface area contributed by atoms with E-state index in [1.54, 1.807) is 7.11 Å². The molecule has 1 aromatic rings. The lowest BCUT2D eigenvalue weighted by atomic mass is 9.83. The smallest absolute Gasteiger partial charge is 0.416 e. The van der Waals surface area contributed by atoms with Gasteiger partial charge in [-0.2, -0.15) is 13.2 Å². The molecule has 5 rings (SSSR count). The summed E-state index contributed by atoms with van der Waals surface area (Å²) in [4.78, 5) is 15.1. The minimum atomic E-state index is -4.34. The molecular formula is C25H30F3N3O2. The number of anilines is 1. The van der Waals surface area contributed by atoms with Crippen LogP contribution in [0, 0.1) is 5.92 Å². The van der Waals surface area contributed by atoms with Crippen LogP contribution in [0.4, 0.5) is 18.9 Å². The summed E-state index contributed by atoms with van der Waals surface area (Å²) in [7, 11) is 3.84. The maximum Gasteiger partial charge on any atom is 0.416 e. The number of piperidine rings is 1. The number of halogens is 3. The van der Waals surface area contributed by atoms with Crippen molar-refractivity contribution in [2.75, 3.05) is 26.0 Å². The van der Waals surface area contributed by atoms with Gasteiger partial charge in [-0.1, -0.05) is 18.2 Å². The van der Waals surface area contributed by atoms with Crippen LogP contribution in [0.25, 0.3) is 0 Å². The molecule has 0 spiro atoms. The number of nitrogens with one attached hydrogen (secondary N) is 2. The number of carbonyl (C=O) groups excluding carboxylic acids is 1. The monoisotopic (exact) mass is 461 g/mol. The topological polar surface area (TPSA) is 53.6 Å². The van der Waals surface area contributed by atoms with E-state index in [-0.39, 0.29) is 29.8 Å². The molecule has 1 amide bonds. The number of fused-ring (bicyclic) bond motifs is 3. The predicted octanol–water partition coefficient (Wildman–Crippen LogP) is 4.38. The second kappa shape index (κ2) is 8.08. The molecule has 5 nitrogen and oxygen atoms in total. The largest absolute Gasteiger partial charge is 0.497 e. The van der Waals surface area contributed by atoms with Gasteiger partial charge in [0.05, 0.1) is 24.3 Å². The van der Waals surface area contributed by atoms with E-state index in [9.17, 15) is 18.0 Å². The Morgan fingerprint density at radius 1 is 1.36 bits per heavy atom. The summed E-state index contributed by atoms with van der Waals surface area (Å²) >= 11 is 0. The Balaban J connectivity index is 1.18. The first-order valence-electron chi connectivity index (χ1n) is 11.6. The molecule has 0 aromatic heterocycles. The average molecular weight is 462 g/mol. The van der Waals surface area contributed by atoms with E-state index in [0.29, 0.717) is 18.4 Å². The number of methoxy groups -OCH3 is 1. The van der Waals surface area contributed by atoms with Gasteiger partial charge < -0.3 is 20.3 Å². The number of benzene rings is 1. The van der Waals surface area contributed by atoms with E-state index in [4.69, 9.17) is 4.74 Å². The van der Waals surface area contributed by atoms with Gasteiger partial charge in [0.25, 0.3) is 0 Å². The summed E-state index contributed by atoms with van der Waals surface area (Å²) in [6.45, 7) is 0.930. The molecule has 2 heterocycles. The van der Waals surface area contributed by atoms with Gasteiger partial charge in [-0.25, -0.2) is 0 Å². The lowest BCUT2D eigenvalue weighted by Gasteiger charge is -2.42. The lowest BCUT2D eigenvalue weighted by Crippen LogP contribution is -2.51. The van der Waals surface area contributed by atoms with Crippen LogP contribution in [0.15, 0.2) is 42.0 Å². The number of nitrogens with zero attached hydrogens (tertiary/aromatic N) is 1. The van der Waals surface area contributed by atoms with Crippen LogP contribution in [0.1, 0.15) is 43.6 Å². The van der Waals surface area contributed by atoms with Crippen LogP contribution in [0.3, 0.4) is 0 Å². The number of alkyl halides is 3. The molecular weight excluding hydrogens is 431 g/mol. The molecule has 178 valence electrons. The standard InChI is InChI=1S/C25H30F3N3O2/c1-31-10-9-15(12-23(32)29-17-5-3-16(4-6-17)25(26,27)28)11-22(31)24-14-20(24)19-13-18(33-2)7-8-21(19)30-24/h3-5,7-8,13,15,17,20,22,30H,6,9-12,14H2,1-2H3,(H,29,32)/t15?,17?,20?,22?,24-/m1/s1. The van der Waals surface area contributed by atoms with Gasteiger partial charge in [0.15, 0.2) is 0 Å². The maximum atomic E-state index is 12.8. The van der Waals surface area contributed by atoms with Gasteiger partial charge >= 0.3 is 6.18 Å². The molecule has 5 atom stereocenters. The molecule has 1 saturated heterocycles. The number of likely N-dealkylation sites (N-methyl/N-ethyl adjacent to an activating group) is 1. The molecule has 8 heteroatoms. The van der Waals surface area contributed by atoms with Gasteiger partial charge in [0, 0.05) is 24.1 Å². The molecule has 4 aliphatic rings. The Morgan fingerprint density at radius 2 is 2.18 bits per heavy atom. The molecule has 33 heavy (non-hydrogen) atoms. The highest BCUT2D eigenvalue weighted by Crippen LogP contribution is 2.64. The number of allylic oxidation sites excluding steroid dienone is 2. The average Bonchev–Trinajstić information content (AvgIpc) is 3.41. The highest BCUT2D eigenvalue weighted by molar-refractivity contribution is 5.77. The van der Waals surface area contributed by atoms with Crippen molar-refractivity contribution < 1.29 is 22.7 Å². The van der Waals surface area contributed by atoms with Crippen LogP contribution in [-0.4, -0.2) is 55.3 Å². The van der Waals surface area contributed by atoms with E-state index in [1.165, 1.54) is 17.3 Å². The third kappa shape index (κ3) is 4.14. The first-order chi connectivity index (χ1) is 15.7. The molecule has 1 saturated carbocycles. The number of carbonyl (C=O) groups is 1. The maximum absolute atomic E-state index is 12.8. The van der Waals surface area contributed by atoms with Crippen LogP contribution in [0.2, 0.25) is 0 Å². The van der Waals surface area contributed by atoms with Crippen molar-refractivity contribution in [2.24, 2.45) is 5.92 Å². The van der Waals surface area contributed by atoms with E-state index >= 15 is 0 Å². The van der Waals surface area contributed by atoms with Gasteiger partial charge in [-0.05, 0) is 69.0 Å². The van der Waals surface area contributed by atoms with Crippen molar-refractivity contribution in [1.82, 2.24) is 10.2 Å². The van der Waals surface area contributed by atoms with Gasteiger partial charge in [-0.3, -0.25) is 4.79 Å². The molecule has 2 aliphatic heterocycles. The van der Waals surface area contributed by atoms with Crippen molar-refractivity contribution >= 4 is 11.6 Å². The zero-order chi connectivity index (χ0) is 23.4. The van der Waals surface area contributed by atoms with Crippen LogP contribution in [0.5, 0.6) is 5.75 Å². The molecule has 1 aromatic carbocycles. The summed E-state index contributed by atoms with van der Waals surface area (Å²) in [5.41, 5.74) is 1.87. The van der Waals surface area contributed by atoms with Gasteiger partial charge in [0.1, 0.15) is 5.75 Å². The van der Waals surface area contributed by atoms with Gasteiger partial charge in [0.2, 0.25) is 5.91 Å². The minimum Gasteiger partial charge on any atom is -0.497 e. The predicted molar refractivity (Wildman–Crippen MR) is 120 cm³/mol. The normalized spacial score (nSPS) is 32.9. The van der Waals surface area contributed by atoms with E-state index in [2.05, 4.69) is 34.7 Å². The Morgan fingerprint density at radius 3 is 2.88 bits per heavy atom. The summed E-state index contributed by atoms with van der Waals surface area (Å²) in [6, 6.07) is 6.16. The van der Waals surface area contributed by atoms with Crippen LogP contribution >= 0.6 is 0 Å². The Bertz CT molecular complexity index is 1010. The Kier molecular flexibility index (Phi) is 5.46. The highest BCUT2D eigenvalue weighted by atomic mass is 19.4. The molecule has 4 unspecified atom stereocenters. The molecule has 0 radical (unpaired) electrons. The SMILES string of the molecule is COc1ccc2c(c1)C1C[C@@]1(C1CC(CC(=O)NC3C=CC(C(F)(F)F)=CC3)CCN1C)N2. The number of rotatable bonds is 5. The number of hydrogen-bond acceptors (Lipinski definition) is 4.